The zero-order valence-corrected chi connectivity index (χ0v) is 15.2. The molecule has 0 aromatic heterocycles. The predicted molar refractivity (Wildman–Crippen MR) is 94.9 cm³/mol. The molecular weight excluding hydrogens is 360 g/mol. The van der Waals surface area contributed by atoms with Crippen molar-refractivity contribution in [3.05, 3.63) is 58.6 Å². The number of sulfonamides is 1. The van der Waals surface area contributed by atoms with Crippen LogP contribution in [-0.2, 0) is 16.6 Å². The fraction of sp³-hybridized carbons (Fsp3) is 0.278. The van der Waals surface area contributed by atoms with Crippen LogP contribution < -0.4 is 4.74 Å². The first-order chi connectivity index (χ1) is 12.0. The summed E-state index contributed by atoms with van der Waals surface area (Å²) in [4.78, 5) is -0.0608. The van der Waals surface area contributed by atoms with Crippen LogP contribution in [0.25, 0.3) is 0 Å². The molecule has 5 nitrogen and oxygen atoms in total. The highest BCUT2D eigenvalue weighted by Gasteiger charge is 2.39. The van der Waals surface area contributed by atoms with Crippen molar-refractivity contribution in [1.29, 1.82) is 5.26 Å². The predicted octanol–water partition coefficient (Wildman–Crippen LogP) is 3.57. The van der Waals surface area contributed by atoms with Crippen LogP contribution in [0.4, 0.5) is 0 Å². The van der Waals surface area contributed by atoms with Crippen molar-refractivity contribution in [2.45, 2.75) is 30.3 Å². The Morgan fingerprint density at radius 3 is 2.48 bits per heavy atom. The summed E-state index contributed by atoms with van der Waals surface area (Å²) >= 11 is 6.24. The molecule has 0 unspecified atom stereocenters. The number of benzene rings is 2. The van der Waals surface area contributed by atoms with Gasteiger partial charge in [0, 0.05) is 12.6 Å². The maximum absolute atomic E-state index is 13.2. The fourth-order valence-electron chi connectivity index (χ4n) is 2.68. The fourth-order valence-corrected chi connectivity index (χ4v) is 4.91. The van der Waals surface area contributed by atoms with Gasteiger partial charge in [0.1, 0.15) is 22.3 Å². The van der Waals surface area contributed by atoms with Crippen molar-refractivity contribution < 1.29 is 13.2 Å². The lowest BCUT2D eigenvalue weighted by Crippen LogP contribution is -2.33. The van der Waals surface area contributed by atoms with Crippen molar-refractivity contribution in [2.24, 2.45) is 0 Å². The Bertz CT molecular complexity index is 919. The van der Waals surface area contributed by atoms with Gasteiger partial charge in [0.15, 0.2) is 0 Å². The van der Waals surface area contributed by atoms with Crippen LogP contribution in [0.5, 0.6) is 5.75 Å². The Morgan fingerprint density at radius 2 is 1.92 bits per heavy atom. The number of hydrogen-bond acceptors (Lipinski definition) is 4. The molecule has 0 aliphatic heterocycles. The summed E-state index contributed by atoms with van der Waals surface area (Å²) in [5.41, 5.74) is 0.934. The molecule has 1 aliphatic carbocycles. The van der Waals surface area contributed by atoms with E-state index in [1.807, 2.05) is 36.4 Å². The normalized spacial score (nSPS) is 14.3. The van der Waals surface area contributed by atoms with Crippen LogP contribution in [-0.4, -0.2) is 25.9 Å². The largest absolute Gasteiger partial charge is 0.495 e. The van der Waals surface area contributed by atoms with Crippen molar-refractivity contribution in [2.75, 3.05) is 7.11 Å². The van der Waals surface area contributed by atoms with Gasteiger partial charge in [0.2, 0.25) is 10.0 Å². The Balaban J connectivity index is 2.03. The average molecular weight is 377 g/mol. The number of ether oxygens (including phenoxy) is 1. The Hall–Kier alpha value is -2.07. The van der Waals surface area contributed by atoms with Crippen LogP contribution >= 0.6 is 11.6 Å². The Morgan fingerprint density at radius 1 is 1.24 bits per heavy atom. The van der Waals surface area contributed by atoms with E-state index in [-0.39, 0.29) is 33.8 Å². The highest BCUT2D eigenvalue weighted by molar-refractivity contribution is 7.89. The van der Waals surface area contributed by atoms with Gasteiger partial charge in [-0.15, -0.1) is 0 Å². The second kappa shape index (κ2) is 7.04. The quantitative estimate of drug-likeness (QED) is 0.772. The van der Waals surface area contributed by atoms with E-state index in [0.29, 0.717) is 0 Å². The number of nitrogens with zero attached hydrogens (tertiary/aromatic N) is 2. The van der Waals surface area contributed by atoms with E-state index in [1.165, 1.54) is 23.5 Å². The smallest absolute Gasteiger partial charge is 0.245 e. The molecule has 3 rings (SSSR count). The Kier molecular flexibility index (Phi) is 5.00. The van der Waals surface area contributed by atoms with E-state index in [0.717, 1.165) is 18.4 Å². The molecule has 1 aliphatic rings. The molecule has 0 N–H and O–H groups in total. The zero-order valence-electron chi connectivity index (χ0n) is 13.6. The summed E-state index contributed by atoms with van der Waals surface area (Å²) in [6.45, 7) is 0.276. The monoisotopic (exact) mass is 376 g/mol. The third kappa shape index (κ3) is 3.49. The van der Waals surface area contributed by atoms with E-state index >= 15 is 0 Å². The molecular formula is C18H17ClN2O3S. The summed E-state index contributed by atoms with van der Waals surface area (Å²) in [7, 11) is -2.42. The zero-order chi connectivity index (χ0) is 18.0. The molecule has 1 fully saturated rings. The van der Waals surface area contributed by atoms with Crippen LogP contribution in [0.2, 0.25) is 5.02 Å². The van der Waals surface area contributed by atoms with Gasteiger partial charge in [-0.3, -0.25) is 0 Å². The van der Waals surface area contributed by atoms with Crippen LogP contribution in [0, 0.1) is 11.3 Å². The SMILES string of the molecule is COc1ccc(S(=O)(=O)N(Cc2ccccc2)C2CC2)c(Cl)c1C#N. The Labute approximate surface area is 152 Å². The van der Waals surface area contributed by atoms with Crippen LogP contribution in [0.3, 0.4) is 0 Å². The summed E-state index contributed by atoms with van der Waals surface area (Å²) in [5.74, 6) is 0.257. The molecule has 0 atom stereocenters. The van der Waals surface area contributed by atoms with Crippen molar-refractivity contribution in [3.8, 4) is 11.8 Å². The minimum Gasteiger partial charge on any atom is -0.495 e. The standard InChI is InChI=1S/C18H17ClN2O3S/c1-24-16-9-10-17(18(19)15(16)11-20)25(22,23)21(14-7-8-14)12-13-5-3-2-4-6-13/h2-6,9-10,14H,7-8,12H2,1H3. The van der Waals surface area contributed by atoms with E-state index in [9.17, 15) is 13.7 Å². The number of rotatable bonds is 6. The minimum atomic E-state index is -3.83. The molecule has 0 heterocycles. The van der Waals surface area contributed by atoms with E-state index in [4.69, 9.17) is 16.3 Å². The molecule has 2 aromatic carbocycles. The molecule has 1 saturated carbocycles. The molecule has 0 saturated heterocycles. The summed E-state index contributed by atoms with van der Waals surface area (Å²) < 4.78 is 33.0. The number of hydrogen-bond donors (Lipinski definition) is 0. The van der Waals surface area contributed by atoms with Gasteiger partial charge in [0.25, 0.3) is 0 Å². The number of halogens is 1. The summed E-state index contributed by atoms with van der Waals surface area (Å²) in [6.07, 6.45) is 1.65. The molecule has 0 spiro atoms. The summed E-state index contributed by atoms with van der Waals surface area (Å²) in [5, 5.41) is 9.20. The van der Waals surface area contributed by atoms with E-state index in [2.05, 4.69) is 0 Å². The third-order valence-corrected chi connectivity index (χ3v) is 6.57. The highest BCUT2D eigenvalue weighted by Crippen LogP contribution is 2.38. The first-order valence-electron chi connectivity index (χ1n) is 7.81. The average Bonchev–Trinajstić information content (AvgIpc) is 3.44. The van der Waals surface area contributed by atoms with Gasteiger partial charge in [-0.2, -0.15) is 9.57 Å². The highest BCUT2D eigenvalue weighted by atomic mass is 35.5. The van der Waals surface area contributed by atoms with E-state index in [1.54, 1.807) is 0 Å². The minimum absolute atomic E-state index is 0.0284. The first-order valence-corrected chi connectivity index (χ1v) is 9.63. The van der Waals surface area contributed by atoms with Crippen molar-refractivity contribution >= 4 is 21.6 Å². The van der Waals surface area contributed by atoms with Gasteiger partial charge in [-0.25, -0.2) is 8.42 Å². The number of methoxy groups -OCH3 is 1. The van der Waals surface area contributed by atoms with E-state index < -0.39 is 10.0 Å². The van der Waals surface area contributed by atoms with Gasteiger partial charge in [-0.1, -0.05) is 41.9 Å². The lowest BCUT2D eigenvalue weighted by atomic mass is 10.2. The molecule has 0 bridgehead atoms. The topological polar surface area (TPSA) is 70.4 Å². The number of nitriles is 1. The van der Waals surface area contributed by atoms with Crippen molar-refractivity contribution in [3.63, 3.8) is 0 Å². The maximum Gasteiger partial charge on any atom is 0.245 e. The summed E-state index contributed by atoms with van der Waals surface area (Å²) in [6, 6.07) is 14.2. The van der Waals surface area contributed by atoms with Gasteiger partial charge in [0.05, 0.1) is 12.1 Å². The third-order valence-electron chi connectivity index (χ3n) is 4.12. The maximum atomic E-state index is 13.2. The second-order valence-electron chi connectivity index (χ2n) is 5.83. The van der Waals surface area contributed by atoms with Gasteiger partial charge in [-0.05, 0) is 30.5 Å². The molecule has 2 aromatic rings. The molecule has 0 amide bonds. The van der Waals surface area contributed by atoms with Crippen LogP contribution in [0.15, 0.2) is 47.4 Å². The first kappa shape index (κ1) is 17.7. The molecule has 0 radical (unpaired) electrons. The van der Waals surface area contributed by atoms with Crippen molar-refractivity contribution in [1.82, 2.24) is 4.31 Å². The van der Waals surface area contributed by atoms with Gasteiger partial charge >= 0.3 is 0 Å². The molecule has 25 heavy (non-hydrogen) atoms. The van der Waals surface area contributed by atoms with Gasteiger partial charge < -0.3 is 4.74 Å². The lowest BCUT2D eigenvalue weighted by Gasteiger charge is -2.23. The lowest BCUT2D eigenvalue weighted by molar-refractivity contribution is 0.398. The molecule has 7 heteroatoms. The van der Waals surface area contributed by atoms with Crippen LogP contribution in [0.1, 0.15) is 24.0 Å². The molecule has 130 valence electrons. The second-order valence-corrected chi connectivity index (χ2v) is 8.07.